The highest BCUT2D eigenvalue weighted by Crippen LogP contribution is 2.36. The van der Waals surface area contributed by atoms with Crippen molar-refractivity contribution in [1.29, 1.82) is 0 Å². The number of H-pyrrole nitrogens is 2. The molecule has 2 aliphatic rings. The highest BCUT2D eigenvalue weighted by molar-refractivity contribution is 6.04. The third-order valence-electron chi connectivity index (χ3n) is 11.4. The molecule has 4 atom stereocenters. The third kappa shape index (κ3) is 8.11. The predicted molar refractivity (Wildman–Crippen MR) is 225 cm³/mol. The number of nitrogens with one attached hydrogen (secondary N) is 4. The van der Waals surface area contributed by atoms with Crippen molar-refractivity contribution in [2.75, 3.05) is 20.2 Å². The van der Waals surface area contributed by atoms with Gasteiger partial charge in [-0.1, -0.05) is 80.3 Å². The number of alkyl carbamates (subject to hydrolysis) is 1. The number of amides is 4. The highest BCUT2D eigenvalue weighted by atomic mass is 16.5. The zero-order valence-corrected chi connectivity index (χ0v) is 33.6. The number of aromatic nitrogens is 4. The summed E-state index contributed by atoms with van der Waals surface area (Å²) in [6, 6.07) is 24.6. The lowest BCUT2D eigenvalue weighted by molar-refractivity contribution is -0.135. The molecular formula is C46H46N8O6. The first-order valence-electron chi connectivity index (χ1n) is 20.2. The van der Waals surface area contributed by atoms with Gasteiger partial charge >= 0.3 is 12.2 Å². The van der Waals surface area contributed by atoms with Gasteiger partial charge in [-0.25, -0.2) is 19.6 Å². The molecule has 0 aliphatic carbocycles. The molecule has 0 radical (unpaired) electrons. The van der Waals surface area contributed by atoms with Crippen molar-refractivity contribution >= 4 is 45.8 Å². The van der Waals surface area contributed by atoms with E-state index in [-0.39, 0.29) is 29.8 Å². The van der Waals surface area contributed by atoms with E-state index in [2.05, 4.69) is 37.4 Å². The molecule has 0 unspecified atom stereocenters. The summed E-state index contributed by atoms with van der Waals surface area (Å²) in [7, 11) is 1.29. The van der Waals surface area contributed by atoms with Gasteiger partial charge in [-0.2, -0.15) is 0 Å². The van der Waals surface area contributed by atoms with Crippen LogP contribution in [0.25, 0.3) is 33.1 Å². The molecule has 5 N–H and O–H groups in total. The first-order valence-corrected chi connectivity index (χ1v) is 20.2. The van der Waals surface area contributed by atoms with E-state index in [9.17, 15) is 24.3 Å². The second kappa shape index (κ2) is 17.0. The number of carbonyl (C=O) groups is 4. The van der Waals surface area contributed by atoms with Gasteiger partial charge in [-0.05, 0) is 78.4 Å². The number of hydrogen-bond acceptors (Lipinski definition) is 7. The van der Waals surface area contributed by atoms with Gasteiger partial charge in [0.25, 0.3) is 5.91 Å². The topological polar surface area (TPSA) is 186 Å². The molecule has 0 spiro atoms. The van der Waals surface area contributed by atoms with Gasteiger partial charge in [0.1, 0.15) is 23.7 Å². The first-order chi connectivity index (χ1) is 29.1. The van der Waals surface area contributed by atoms with Crippen molar-refractivity contribution in [1.82, 2.24) is 40.4 Å². The minimum Gasteiger partial charge on any atom is -0.465 e. The second-order valence-electron chi connectivity index (χ2n) is 15.6. The lowest BCUT2D eigenvalue weighted by Crippen LogP contribution is -2.51. The minimum absolute atomic E-state index is 0.118. The van der Waals surface area contributed by atoms with Crippen LogP contribution in [0.5, 0.6) is 0 Å². The van der Waals surface area contributed by atoms with E-state index in [0.29, 0.717) is 30.9 Å². The predicted octanol–water partition coefficient (Wildman–Crippen LogP) is 7.22. The zero-order chi connectivity index (χ0) is 41.9. The Morgan fingerprint density at radius 3 is 2.20 bits per heavy atom. The average molecular weight is 807 g/mol. The average Bonchev–Trinajstić information content (AvgIpc) is 4.10. The molecule has 2 saturated heterocycles. The Balaban J connectivity index is 0.952. The molecule has 2 fully saturated rings. The maximum absolute atomic E-state index is 13.7. The molecule has 6 aromatic rings. The number of rotatable bonds is 9. The summed E-state index contributed by atoms with van der Waals surface area (Å²) < 4.78 is 4.77. The van der Waals surface area contributed by atoms with Crippen LogP contribution in [0.4, 0.5) is 9.59 Å². The van der Waals surface area contributed by atoms with Crippen LogP contribution in [0.15, 0.2) is 91.1 Å². The summed E-state index contributed by atoms with van der Waals surface area (Å²) in [6.07, 6.45) is 2.96. The molecule has 14 heteroatoms. The highest BCUT2D eigenvalue weighted by Gasteiger charge is 2.39. The quantitative estimate of drug-likeness (QED) is 0.0948. The molecular weight excluding hydrogens is 761 g/mol. The van der Waals surface area contributed by atoms with Crippen molar-refractivity contribution in [2.24, 2.45) is 5.92 Å². The Kier molecular flexibility index (Phi) is 11.2. The van der Waals surface area contributed by atoms with Crippen LogP contribution < -0.4 is 10.6 Å². The van der Waals surface area contributed by atoms with Crippen LogP contribution >= 0.6 is 0 Å². The van der Waals surface area contributed by atoms with Crippen LogP contribution in [0.2, 0.25) is 0 Å². The SMILES string of the molecule is COC(=O)N[C@H](C(=O)N1CCC[C@H]1c1nc2c(ccc3cc(C#Cc4ccc(-c5cnc([C@@H]6CCCN6C(=O)[C@H](NC(=O)O)c6ccccc6)[nH]5)cc4)ccc32)[nH]1)C(C)C. The first kappa shape index (κ1) is 39.7. The van der Waals surface area contributed by atoms with Crippen LogP contribution in [0, 0.1) is 17.8 Å². The Bertz CT molecular complexity index is 2630. The van der Waals surface area contributed by atoms with E-state index in [1.54, 1.807) is 35.4 Å². The summed E-state index contributed by atoms with van der Waals surface area (Å²) in [4.78, 5) is 71.0. The standard InChI is InChI=1S/C46H46N8O6/c1-27(2)38(52-46(59)60-3)43(55)54-24-8-12-37(54)42-48-34-22-20-32-25-29(17-21-33(32)40(34)50-42)14-13-28-15-18-30(19-16-28)35-26-47-41(49-35)36-11-7-23-53(36)44(56)39(51-45(57)58)31-9-5-4-6-10-31/h4-6,9-10,15-22,25-27,36-39,51H,7-8,11-12,23-24H2,1-3H3,(H,47,49)(H,48,50)(H,52,59)(H,57,58)/t36-,37-,38-,39+/m0/s1. The monoisotopic (exact) mass is 806 g/mol. The van der Waals surface area contributed by atoms with E-state index in [1.807, 2.05) is 79.4 Å². The summed E-state index contributed by atoms with van der Waals surface area (Å²) in [5.41, 5.74) is 5.71. The molecule has 14 nitrogen and oxygen atoms in total. The fraction of sp³-hybridized carbons (Fsp3) is 0.304. The van der Waals surface area contributed by atoms with E-state index in [0.717, 1.165) is 69.3 Å². The molecule has 8 rings (SSSR count). The molecule has 2 aliphatic heterocycles. The van der Waals surface area contributed by atoms with Gasteiger partial charge in [0.2, 0.25) is 5.91 Å². The second-order valence-corrected chi connectivity index (χ2v) is 15.6. The van der Waals surface area contributed by atoms with E-state index >= 15 is 0 Å². The van der Waals surface area contributed by atoms with Gasteiger partial charge < -0.3 is 40.2 Å². The van der Waals surface area contributed by atoms with Gasteiger partial charge in [-0.15, -0.1) is 0 Å². The molecule has 306 valence electrons. The lowest BCUT2D eigenvalue weighted by Gasteiger charge is -2.29. The molecule has 0 saturated carbocycles. The van der Waals surface area contributed by atoms with E-state index < -0.39 is 24.3 Å². The van der Waals surface area contributed by atoms with Gasteiger partial charge in [-0.3, -0.25) is 9.59 Å². The molecule has 0 bridgehead atoms. The number of fused-ring (bicyclic) bond motifs is 3. The molecule has 4 aromatic carbocycles. The minimum atomic E-state index is -1.26. The number of benzene rings is 4. The maximum Gasteiger partial charge on any atom is 0.407 e. The summed E-state index contributed by atoms with van der Waals surface area (Å²) in [6.45, 7) is 4.88. The van der Waals surface area contributed by atoms with E-state index in [4.69, 9.17) is 9.72 Å². The van der Waals surface area contributed by atoms with Crippen molar-refractivity contribution in [3.8, 4) is 23.1 Å². The zero-order valence-electron chi connectivity index (χ0n) is 33.6. The molecule has 4 heterocycles. The lowest BCUT2D eigenvalue weighted by atomic mass is 10.0. The summed E-state index contributed by atoms with van der Waals surface area (Å²) in [5.74, 6) is 7.37. The number of methoxy groups -OCH3 is 1. The number of aromatic amines is 2. The fourth-order valence-corrected chi connectivity index (χ4v) is 8.32. The summed E-state index contributed by atoms with van der Waals surface area (Å²) >= 11 is 0. The van der Waals surface area contributed by atoms with Crippen molar-refractivity contribution in [3.63, 3.8) is 0 Å². The van der Waals surface area contributed by atoms with E-state index in [1.165, 1.54) is 7.11 Å². The number of nitrogens with zero attached hydrogens (tertiary/aromatic N) is 4. The smallest absolute Gasteiger partial charge is 0.407 e. The normalized spacial score (nSPS) is 17.3. The number of imidazole rings is 2. The molecule has 2 aromatic heterocycles. The van der Waals surface area contributed by atoms with Crippen LogP contribution in [-0.2, 0) is 14.3 Å². The maximum atomic E-state index is 13.7. The van der Waals surface area contributed by atoms with Crippen molar-refractivity contribution < 1.29 is 29.0 Å². The summed E-state index contributed by atoms with van der Waals surface area (Å²) in [5, 5.41) is 16.6. The Hall–Kier alpha value is -7.14. The number of hydrogen-bond donors (Lipinski definition) is 5. The number of ether oxygens (including phenoxy) is 1. The largest absolute Gasteiger partial charge is 0.465 e. The Morgan fingerprint density at radius 2 is 1.50 bits per heavy atom. The van der Waals surface area contributed by atoms with Crippen LogP contribution in [0.1, 0.15) is 86.0 Å². The number of carboxylic acid groups (broad SMARTS) is 1. The fourth-order valence-electron chi connectivity index (χ4n) is 8.32. The van der Waals surface area contributed by atoms with Crippen LogP contribution in [-0.4, -0.2) is 85.1 Å². The third-order valence-corrected chi connectivity index (χ3v) is 11.4. The Labute approximate surface area is 346 Å². The van der Waals surface area contributed by atoms with Gasteiger partial charge in [0, 0.05) is 29.6 Å². The van der Waals surface area contributed by atoms with Gasteiger partial charge in [0.05, 0.1) is 42.1 Å². The van der Waals surface area contributed by atoms with Crippen LogP contribution in [0.3, 0.4) is 0 Å². The van der Waals surface area contributed by atoms with Crippen molar-refractivity contribution in [3.05, 3.63) is 119 Å². The molecule has 60 heavy (non-hydrogen) atoms. The Morgan fingerprint density at radius 1 is 0.817 bits per heavy atom. The van der Waals surface area contributed by atoms with Gasteiger partial charge in [0.15, 0.2) is 0 Å². The number of likely N-dealkylation sites (tertiary alicyclic amines) is 2. The van der Waals surface area contributed by atoms with Crippen molar-refractivity contribution in [2.45, 2.75) is 63.7 Å². The molecule has 4 amide bonds. The number of carbonyl (C=O) groups excluding carboxylic acids is 3.